The Bertz CT molecular complexity index is 1040. The molecule has 0 aliphatic carbocycles. The zero-order chi connectivity index (χ0) is 19.0. The van der Waals surface area contributed by atoms with E-state index in [-0.39, 0.29) is 18.2 Å². The number of benzene rings is 2. The molecule has 7 nitrogen and oxygen atoms in total. The third-order valence-corrected chi connectivity index (χ3v) is 4.48. The van der Waals surface area contributed by atoms with E-state index < -0.39 is 12.0 Å². The Morgan fingerprint density at radius 1 is 1.22 bits per heavy atom. The van der Waals surface area contributed by atoms with Crippen LogP contribution in [0.15, 0.2) is 52.7 Å². The predicted octanol–water partition coefficient (Wildman–Crippen LogP) is 4.45. The summed E-state index contributed by atoms with van der Waals surface area (Å²) >= 11 is 0. The lowest BCUT2D eigenvalue weighted by atomic mass is 10.0. The van der Waals surface area contributed by atoms with Gasteiger partial charge in [0.2, 0.25) is 12.0 Å². The van der Waals surface area contributed by atoms with Crippen molar-refractivity contribution < 1.29 is 19.4 Å². The number of nitrogens with one attached hydrogen (secondary N) is 1. The maximum absolute atomic E-state index is 12.4. The van der Waals surface area contributed by atoms with Gasteiger partial charge in [0.15, 0.2) is 17.2 Å². The fourth-order valence-electron chi connectivity index (χ4n) is 2.95. The van der Waals surface area contributed by atoms with Gasteiger partial charge in [0.05, 0.1) is 5.52 Å². The Morgan fingerprint density at radius 2 is 2.00 bits per heavy atom. The molecule has 1 atom stereocenters. The minimum Gasteiger partial charge on any atom is -0.493 e. The summed E-state index contributed by atoms with van der Waals surface area (Å²) in [5.41, 5.74) is 2.06. The molecule has 7 heteroatoms. The zero-order valence-electron chi connectivity index (χ0n) is 15.0. The highest BCUT2D eigenvalue weighted by Crippen LogP contribution is 2.37. The molecule has 0 spiro atoms. The molecule has 0 radical (unpaired) electrons. The standard InChI is InChI=1S/C20H19N3O4/c1-11(2)12-7-8-14-13(9-12)18(20(25)21-14)22-23-19(24)17-10-26-15-5-3-4-6-16(15)27-17/h3-9,11,17,21,25H,10H2,1-2H3. The van der Waals surface area contributed by atoms with Crippen LogP contribution in [0.4, 0.5) is 5.69 Å². The van der Waals surface area contributed by atoms with Gasteiger partial charge in [0.25, 0.3) is 0 Å². The van der Waals surface area contributed by atoms with Crippen molar-refractivity contribution in [3.8, 4) is 17.4 Å². The molecule has 2 N–H and O–H groups in total. The summed E-state index contributed by atoms with van der Waals surface area (Å²) in [6.07, 6.45) is -0.873. The number of aromatic nitrogens is 1. The second-order valence-electron chi connectivity index (χ2n) is 6.68. The van der Waals surface area contributed by atoms with E-state index in [2.05, 4.69) is 29.1 Å². The third-order valence-electron chi connectivity index (χ3n) is 4.48. The van der Waals surface area contributed by atoms with E-state index in [1.54, 1.807) is 18.2 Å². The molecule has 138 valence electrons. The smallest absolute Gasteiger partial charge is 0.308 e. The number of fused-ring (bicyclic) bond motifs is 2. The average molecular weight is 365 g/mol. The van der Waals surface area contributed by atoms with Gasteiger partial charge in [-0.15, -0.1) is 10.2 Å². The first-order valence-electron chi connectivity index (χ1n) is 8.71. The summed E-state index contributed by atoms with van der Waals surface area (Å²) in [6.45, 7) is 4.22. The number of carbonyl (C=O) groups excluding carboxylic acids is 1. The molecule has 1 aliphatic heterocycles. The Labute approximate surface area is 155 Å². The van der Waals surface area contributed by atoms with E-state index in [4.69, 9.17) is 9.47 Å². The Morgan fingerprint density at radius 3 is 2.78 bits per heavy atom. The van der Waals surface area contributed by atoms with Gasteiger partial charge in [0, 0.05) is 5.39 Å². The number of azo groups is 1. The highest BCUT2D eigenvalue weighted by Gasteiger charge is 2.27. The highest BCUT2D eigenvalue weighted by atomic mass is 16.6. The number of aromatic hydroxyl groups is 1. The molecule has 1 aromatic heterocycles. The van der Waals surface area contributed by atoms with Crippen molar-refractivity contribution in [3.63, 3.8) is 0 Å². The molecule has 0 bridgehead atoms. The number of ether oxygens (including phenoxy) is 2. The highest BCUT2D eigenvalue weighted by molar-refractivity contribution is 5.95. The summed E-state index contributed by atoms with van der Waals surface area (Å²) < 4.78 is 11.2. The van der Waals surface area contributed by atoms with Crippen LogP contribution in [0.25, 0.3) is 10.9 Å². The second-order valence-corrected chi connectivity index (χ2v) is 6.68. The Kier molecular flexibility index (Phi) is 4.27. The van der Waals surface area contributed by atoms with Crippen LogP contribution in [-0.4, -0.2) is 28.7 Å². The maximum Gasteiger partial charge on any atom is 0.308 e. The van der Waals surface area contributed by atoms with Gasteiger partial charge in [-0.3, -0.25) is 4.79 Å². The first-order valence-corrected chi connectivity index (χ1v) is 8.71. The van der Waals surface area contributed by atoms with Crippen molar-refractivity contribution in [1.82, 2.24) is 4.98 Å². The van der Waals surface area contributed by atoms with Crippen molar-refractivity contribution in [2.24, 2.45) is 10.2 Å². The van der Waals surface area contributed by atoms with Gasteiger partial charge < -0.3 is 19.6 Å². The number of amides is 1. The molecule has 3 aromatic rings. The quantitative estimate of drug-likeness (QED) is 0.670. The van der Waals surface area contributed by atoms with Gasteiger partial charge >= 0.3 is 5.91 Å². The van der Waals surface area contributed by atoms with E-state index in [1.807, 2.05) is 24.3 Å². The van der Waals surface area contributed by atoms with E-state index >= 15 is 0 Å². The summed E-state index contributed by atoms with van der Waals surface area (Å²) in [5, 5.41) is 18.6. The molecule has 2 aromatic carbocycles. The molecule has 1 unspecified atom stereocenters. The molecule has 2 heterocycles. The van der Waals surface area contributed by atoms with Crippen LogP contribution >= 0.6 is 0 Å². The third kappa shape index (κ3) is 3.23. The first kappa shape index (κ1) is 17.1. The minimum absolute atomic E-state index is 0.0617. The Hall–Kier alpha value is -3.35. The van der Waals surface area contributed by atoms with Crippen molar-refractivity contribution in [3.05, 3.63) is 48.0 Å². The molecular weight excluding hydrogens is 346 g/mol. The predicted molar refractivity (Wildman–Crippen MR) is 99.9 cm³/mol. The number of rotatable bonds is 3. The maximum atomic E-state index is 12.4. The number of hydrogen-bond donors (Lipinski definition) is 2. The van der Waals surface area contributed by atoms with E-state index in [1.165, 1.54) is 0 Å². The largest absolute Gasteiger partial charge is 0.493 e. The van der Waals surface area contributed by atoms with E-state index in [0.717, 1.165) is 11.1 Å². The van der Waals surface area contributed by atoms with Crippen LogP contribution in [0.2, 0.25) is 0 Å². The second kappa shape index (κ2) is 6.75. The molecule has 1 aliphatic rings. The fraction of sp³-hybridized carbons (Fsp3) is 0.250. The minimum atomic E-state index is -0.873. The summed E-state index contributed by atoms with van der Waals surface area (Å²) in [7, 11) is 0. The molecule has 4 rings (SSSR count). The summed E-state index contributed by atoms with van der Waals surface area (Å²) in [4.78, 5) is 15.2. The topological polar surface area (TPSA) is 96.3 Å². The first-order chi connectivity index (χ1) is 13.0. The van der Waals surface area contributed by atoms with Crippen LogP contribution in [0, 0.1) is 0 Å². The number of nitrogens with zero attached hydrogens (tertiary/aromatic N) is 2. The van der Waals surface area contributed by atoms with Crippen LogP contribution in [0.3, 0.4) is 0 Å². The lowest BCUT2D eigenvalue weighted by Gasteiger charge is -2.23. The number of para-hydroxylation sites is 2. The van der Waals surface area contributed by atoms with Crippen LogP contribution in [0.5, 0.6) is 17.4 Å². The van der Waals surface area contributed by atoms with Crippen molar-refractivity contribution in [2.45, 2.75) is 25.9 Å². The van der Waals surface area contributed by atoms with Crippen molar-refractivity contribution >= 4 is 22.5 Å². The van der Waals surface area contributed by atoms with Gasteiger partial charge in [-0.05, 0) is 35.7 Å². The van der Waals surface area contributed by atoms with Crippen molar-refractivity contribution in [1.29, 1.82) is 0 Å². The van der Waals surface area contributed by atoms with E-state index in [9.17, 15) is 9.90 Å². The molecule has 0 fully saturated rings. The van der Waals surface area contributed by atoms with Crippen molar-refractivity contribution in [2.75, 3.05) is 6.61 Å². The van der Waals surface area contributed by atoms with Crippen LogP contribution < -0.4 is 9.47 Å². The summed E-state index contributed by atoms with van der Waals surface area (Å²) in [6, 6.07) is 12.9. The lowest BCUT2D eigenvalue weighted by Crippen LogP contribution is -2.35. The fourth-order valence-corrected chi connectivity index (χ4v) is 2.95. The van der Waals surface area contributed by atoms with Crippen LogP contribution in [-0.2, 0) is 4.79 Å². The molecule has 27 heavy (non-hydrogen) atoms. The SMILES string of the molecule is CC(C)c1ccc2[nH]c(O)c(N=NC(=O)C3COc4ccccc4O3)c2c1. The van der Waals surface area contributed by atoms with Gasteiger partial charge in [-0.2, -0.15) is 0 Å². The molecular formula is C20H19N3O4. The number of H-pyrrole nitrogens is 1. The van der Waals surface area contributed by atoms with Gasteiger partial charge in [-0.25, -0.2) is 0 Å². The molecule has 0 saturated carbocycles. The van der Waals surface area contributed by atoms with Gasteiger partial charge in [-0.1, -0.05) is 32.0 Å². The lowest BCUT2D eigenvalue weighted by molar-refractivity contribution is -0.127. The van der Waals surface area contributed by atoms with Crippen LogP contribution in [0.1, 0.15) is 25.3 Å². The average Bonchev–Trinajstić information content (AvgIpc) is 2.99. The van der Waals surface area contributed by atoms with Gasteiger partial charge in [0.1, 0.15) is 6.61 Å². The Balaban J connectivity index is 1.58. The monoisotopic (exact) mass is 365 g/mol. The van der Waals surface area contributed by atoms with E-state index in [0.29, 0.717) is 22.8 Å². The molecule has 1 amide bonds. The normalized spacial score (nSPS) is 16.3. The number of hydrogen-bond acceptors (Lipinski definition) is 5. The summed E-state index contributed by atoms with van der Waals surface area (Å²) in [5.74, 6) is 0.709. The number of aromatic amines is 1. The number of carbonyl (C=O) groups is 1. The molecule has 0 saturated heterocycles. The zero-order valence-corrected chi connectivity index (χ0v) is 15.0.